The van der Waals surface area contributed by atoms with Gasteiger partial charge in [0.05, 0.1) is 5.02 Å². The summed E-state index contributed by atoms with van der Waals surface area (Å²) in [4.78, 5) is 12.0. The average Bonchev–Trinajstić information content (AvgIpc) is 2.35. The summed E-state index contributed by atoms with van der Waals surface area (Å²) in [5.41, 5.74) is 6.28. The van der Waals surface area contributed by atoms with E-state index in [2.05, 4.69) is 5.32 Å². The van der Waals surface area contributed by atoms with E-state index in [1.165, 1.54) is 12.1 Å². The summed E-state index contributed by atoms with van der Waals surface area (Å²) in [7, 11) is 0. The zero-order valence-corrected chi connectivity index (χ0v) is 10.8. The van der Waals surface area contributed by atoms with Gasteiger partial charge in [-0.1, -0.05) is 11.6 Å². The maximum Gasteiger partial charge on any atom is 0.251 e. The first-order valence-corrected chi connectivity index (χ1v) is 6.49. The Morgan fingerprint density at radius 2 is 2.00 bits per heavy atom. The SMILES string of the molecule is NC1CCC(NC(=O)c2ccc(O)c(Cl)c2)CC1. The molecule has 98 valence electrons. The van der Waals surface area contributed by atoms with Gasteiger partial charge in [0.2, 0.25) is 0 Å². The van der Waals surface area contributed by atoms with Gasteiger partial charge in [-0.05, 0) is 43.9 Å². The molecule has 0 spiro atoms. The number of halogens is 1. The third kappa shape index (κ3) is 3.15. The van der Waals surface area contributed by atoms with Gasteiger partial charge in [0, 0.05) is 17.6 Å². The van der Waals surface area contributed by atoms with E-state index in [-0.39, 0.29) is 28.8 Å². The fourth-order valence-corrected chi connectivity index (χ4v) is 2.36. The van der Waals surface area contributed by atoms with Gasteiger partial charge in [-0.3, -0.25) is 4.79 Å². The van der Waals surface area contributed by atoms with Gasteiger partial charge < -0.3 is 16.2 Å². The number of aromatic hydroxyl groups is 1. The topological polar surface area (TPSA) is 75.3 Å². The van der Waals surface area contributed by atoms with Crippen molar-refractivity contribution in [1.82, 2.24) is 5.32 Å². The Kier molecular flexibility index (Phi) is 4.09. The number of amides is 1. The van der Waals surface area contributed by atoms with E-state index >= 15 is 0 Å². The van der Waals surface area contributed by atoms with Crippen molar-refractivity contribution in [2.45, 2.75) is 37.8 Å². The van der Waals surface area contributed by atoms with Gasteiger partial charge in [0.15, 0.2) is 0 Å². The van der Waals surface area contributed by atoms with Crippen LogP contribution in [0.5, 0.6) is 5.75 Å². The number of hydrogen-bond donors (Lipinski definition) is 3. The maximum absolute atomic E-state index is 12.0. The first-order valence-electron chi connectivity index (χ1n) is 6.11. The van der Waals surface area contributed by atoms with Crippen molar-refractivity contribution in [3.63, 3.8) is 0 Å². The lowest BCUT2D eigenvalue weighted by molar-refractivity contribution is 0.0926. The van der Waals surface area contributed by atoms with Crippen molar-refractivity contribution in [3.8, 4) is 5.75 Å². The summed E-state index contributed by atoms with van der Waals surface area (Å²) in [5.74, 6) is -0.172. The lowest BCUT2D eigenvalue weighted by Gasteiger charge is -2.26. The number of phenols is 1. The maximum atomic E-state index is 12.0. The first kappa shape index (κ1) is 13.2. The zero-order chi connectivity index (χ0) is 13.1. The summed E-state index contributed by atoms with van der Waals surface area (Å²) in [5, 5.41) is 12.5. The number of nitrogens with two attached hydrogens (primary N) is 1. The molecule has 4 N–H and O–H groups in total. The van der Waals surface area contributed by atoms with Crippen LogP contribution in [0.1, 0.15) is 36.0 Å². The van der Waals surface area contributed by atoms with Crippen molar-refractivity contribution in [1.29, 1.82) is 0 Å². The number of nitrogens with one attached hydrogen (secondary N) is 1. The van der Waals surface area contributed by atoms with Crippen LogP contribution in [0, 0.1) is 0 Å². The number of carbonyl (C=O) groups excluding carboxylic acids is 1. The molecule has 0 aromatic heterocycles. The predicted molar refractivity (Wildman–Crippen MR) is 70.8 cm³/mol. The minimum atomic E-state index is -0.155. The molecule has 0 heterocycles. The second kappa shape index (κ2) is 5.59. The fourth-order valence-electron chi connectivity index (χ4n) is 2.18. The predicted octanol–water partition coefficient (Wildman–Crippen LogP) is 2.05. The summed E-state index contributed by atoms with van der Waals surface area (Å²) in [6.07, 6.45) is 3.72. The van der Waals surface area contributed by atoms with E-state index in [0.29, 0.717) is 5.56 Å². The molecule has 1 aromatic carbocycles. The Morgan fingerprint density at radius 3 is 2.61 bits per heavy atom. The summed E-state index contributed by atoms with van der Waals surface area (Å²) in [6, 6.07) is 4.91. The first-order chi connectivity index (χ1) is 8.56. The molecule has 1 amide bonds. The molecule has 0 bridgehead atoms. The number of rotatable bonds is 2. The molecule has 0 unspecified atom stereocenters. The molecule has 0 aliphatic heterocycles. The molecule has 0 saturated heterocycles. The van der Waals surface area contributed by atoms with Gasteiger partial charge in [-0.15, -0.1) is 0 Å². The zero-order valence-electron chi connectivity index (χ0n) is 10.0. The average molecular weight is 269 g/mol. The van der Waals surface area contributed by atoms with Gasteiger partial charge in [-0.25, -0.2) is 0 Å². The van der Waals surface area contributed by atoms with Crippen molar-refractivity contribution >= 4 is 17.5 Å². The van der Waals surface area contributed by atoms with E-state index < -0.39 is 0 Å². The quantitative estimate of drug-likeness (QED) is 0.768. The minimum absolute atomic E-state index is 0.0168. The van der Waals surface area contributed by atoms with Gasteiger partial charge >= 0.3 is 0 Å². The van der Waals surface area contributed by atoms with Crippen LogP contribution in [0.3, 0.4) is 0 Å². The Bertz CT molecular complexity index is 443. The van der Waals surface area contributed by atoms with Crippen molar-refractivity contribution in [3.05, 3.63) is 28.8 Å². The Morgan fingerprint density at radius 1 is 1.33 bits per heavy atom. The van der Waals surface area contributed by atoms with E-state index in [1.54, 1.807) is 6.07 Å². The molecule has 0 radical (unpaired) electrons. The highest BCUT2D eigenvalue weighted by atomic mass is 35.5. The fraction of sp³-hybridized carbons (Fsp3) is 0.462. The van der Waals surface area contributed by atoms with Gasteiger partial charge in [-0.2, -0.15) is 0 Å². The molecule has 2 rings (SSSR count). The minimum Gasteiger partial charge on any atom is -0.506 e. The molecule has 1 saturated carbocycles. The molecule has 5 heteroatoms. The van der Waals surface area contributed by atoms with Crippen LogP contribution in [0.25, 0.3) is 0 Å². The molecule has 1 aromatic rings. The lowest BCUT2D eigenvalue weighted by Crippen LogP contribution is -2.40. The lowest BCUT2D eigenvalue weighted by atomic mass is 9.91. The highest BCUT2D eigenvalue weighted by Crippen LogP contribution is 2.24. The van der Waals surface area contributed by atoms with Crippen LogP contribution in [0.4, 0.5) is 0 Å². The summed E-state index contributed by atoms with van der Waals surface area (Å²) >= 11 is 5.77. The second-order valence-electron chi connectivity index (χ2n) is 4.75. The molecular formula is C13H17ClN2O2. The summed E-state index contributed by atoms with van der Waals surface area (Å²) in [6.45, 7) is 0. The van der Waals surface area contributed by atoms with Crippen LogP contribution in [-0.4, -0.2) is 23.1 Å². The van der Waals surface area contributed by atoms with Crippen molar-refractivity contribution < 1.29 is 9.90 Å². The Balaban J connectivity index is 1.97. The highest BCUT2D eigenvalue weighted by Gasteiger charge is 2.20. The molecule has 0 atom stereocenters. The summed E-state index contributed by atoms with van der Waals surface area (Å²) < 4.78 is 0. The third-order valence-electron chi connectivity index (χ3n) is 3.32. The highest BCUT2D eigenvalue weighted by molar-refractivity contribution is 6.32. The van der Waals surface area contributed by atoms with Gasteiger partial charge in [0.1, 0.15) is 5.75 Å². The Labute approximate surface area is 111 Å². The largest absolute Gasteiger partial charge is 0.506 e. The van der Waals surface area contributed by atoms with Gasteiger partial charge in [0.25, 0.3) is 5.91 Å². The smallest absolute Gasteiger partial charge is 0.251 e. The molecule has 18 heavy (non-hydrogen) atoms. The normalized spacial score (nSPS) is 23.7. The number of carbonyl (C=O) groups is 1. The molecule has 1 fully saturated rings. The van der Waals surface area contributed by atoms with Crippen molar-refractivity contribution in [2.75, 3.05) is 0 Å². The number of hydrogen-bond acceptors (Lipinski definition) is 3. The number of benzene rings is 1. The standard InChI is InChI=1S/C13H17ClN2O2/c14-11-7-8(1-6-12(11)17)13(18)16-10-4-2-9(15)3-5-10/h1,6-7,9-10,17H,2-5,15H2,(H,16,18). The van der Waals surface area contributed by atoms with Crippen LogP contribution in [0.15, 0.2) is 18.2 Å². The van der Waals surface area contributed by atoms with E-state index in [1.807, 2.05) is 0 Å². The van der Waals surface area contributed by atoms with Crippen LogP contribution in [0.2, 0.25) is 5.02 Å². The monoisotopic (exact) mass is 268 g/mol. The van der Waals surface area contributed by atoms with Crippen LogP contribution in [-0.2, 0) is 0 Å². The molecule has 4 nitrogen and oxygen atoms in total. The third-order valence-corrected chi connectivity index (χ3v) is 3.62. The Hall–Kier alpha value is -1.26. The molecular weight excluding hydrogens is 252 g/mol. The second-order valence-corrected chi connectivity index (χ2v) is 5.16. The van der Waals surface area contributed by atoms with Crippen LogP contribution < -0.4 is 11.1 Å². The molecule has 1 aliphatic carbocycles. The van der Waals surface area contributed by atoms with E-state index in [9.17, 15) is 9.90 Å². The van der Waals surface area contributed by atoms with Crippen molar-refractivity contribution in [2.24, 2.45) is 5.73 Å². The van der Waals surface area contributed by atoms with E-state index in [4.69, 9.17) is 17.3 Å². The van der Waals surface area contributed by atoms with E-state index in [0.717, 1.165) is 25.7 Å². The number of phenolic OH excluding ortho intramolecular Hbond substituents is 1. The molecule has 1 aliphatic rings. The van der Waals surface area contributed by atoms with Crippen LogP contribution >= 0.6 is 11.6 Å².